The maximum absolute atomic E-state index is 9.45. The van der Waals surface area contributed by atoms with E-state index in [0.29, 0.717) is 5.82 Å². The summed E-state index contributed by atoms with van der Waals surface area (Å²) < 4.78 is 0. The Kier molecular flexibility index (Phi) is 2.74. The maximum Gasteiger partial charge on any atom is 0.188 e. The van der Waals surface area contributed by atoms with E-state index in [1.165, 1.54) is 11.3 Å². The second kappa shape index (κ2) is 4.54. The Morgan fingerprint density at radius 2 is 1.89 bits per heavy atom. The first kappa shape index (κ1) is 10.9. The van der Waals surface area contributed by atoms with Gasteiger partial charge >= 0.3 is 0 Å². The zero-order chi connectivity index (χ0) is 12.4. The van der Waals surface area contributed by atoms with Crippen molar-refractivity contribution in [1.29, 1.82) is 0 Å². The lowest BCUT2D eigenvalue weighted by molar-refractivity contribution is 0.475. The SMILES string of the molecule is Oc1cccc(-c2csc(-c3ncccn3)n2)c1. The number of benzene rings is 1. The predicted molar refractivity (Wildman–Crippen MR) is 70.2 cm³/mol. The summed E-state index contributed by atoms with van der Waals surface area (Å²) >= 11 is 1.49. The molecule has 18 heavy (non-hydrogen) atoms. The van der Waals surface area contributed by atoms with E-state index in [9.17, 15) is 5.11 Å². The molecule has 0 saturated heterocycles. The van der Waals surface area contributed by atoms with Crippen LogP contribution in [0.3, 0.4) is 0 Å². The van der Waals surface area contributed by atoms with Gasteiger partial charge in [0.2, 0.25) is 0 Å². The highest BCUT2D eigenvalue weighted by atomic mass is 32.1. The number of phenols is 1. The molecule has 5 heteroatoms. The summed E-state index contributed by atoms with van der Waals surface area (Å²) in [6.45, 7) is 0. The molecule has 0 saturated carbocycles. The van der Waals surface area contributed by atoms with E-state index in [1.807, 2.05) is 11.4 Å². The molecule has 0 atom stereocenters. The number of aromatic nitrogens is 3. The maximum atomic E-state index is 9.45. The first-order chi connectivity index (χ1) is 8.83. The molecule has 0 spiro atoms. The van der Waals surface area contributed by atoms with Gasteiger partial charge in [0.15, 0.2) is 10.8 Å². The van der Waals surface area contributed by atoms with Crippen LogP contribution in [0.2, 0.25) is 0 Å². The topological polar surface area (TPSA) is 58.9 Å². The average Bonchev–Trinajstić information content (AvgIpc) is 2.89. The molecule has 1 N–H and O–H groups in total. The molecular weight excluding hydrogens is 246 g/mol. The molecule has 3 rings (SSSR count). The summed E-state index contributed by atoms with van der Waals surface area (Å²) in [5.41, 5.74) is 1.70. The molecule has 0 aliphatic heterocycles. The van der Waals surface area contributed by atoms with Crippen molar-refractivity contribution in [2.75, 3.05) is 0 Å². The molecule has 0 unspecified atom stereocenters. The Bertz CT molecular complexity index is 667. The van der Waals surface area contributed by atoms with Crippen LogP contribution in [0, 0.1) is 0 Å². The minimum Gasteiger partial charge on any atom is -0.508 e. The Morgan fingerprint density at radius 1 is 1.06 bits per heavy atom. The van der Waals surface area contributed by atoms with Crippen molar-refractivity contribution in [2.24, 2.45) is 0 Å². The van der Waals surface area contributed by atoms with Gasteiger partial charge in [0.25, 0.3) is 0 Å². The summed E-state index contributed by atoms with van der Waals surface area (Å²) in [4.78, 5) is 12.8. The average molecular weight is 255 g/mol. The second-order valence-electron chi connectivity index (χ2n) is 3.66. The molecular formula is C13H9N3OS. The number of aromatic hydroxyl groups is 1. The van der Waals surface area contributed by atoms with E-state index in [4.69, 9.17) is 0 Å². The fraction of sp³-hybridized carbons (Fsp3) is 0. The predicted octanol–water partition coefficient (Wildman–Crippen LogP) is 2.97. The number of hydrogen-bond acceptors (Lipinski definition) is 5. The van der Waals surface area contributed by atoms with Gasteiger partial charge in [-0.3, -0.25) is 0 Å². The van der Waals surface area contributed by atoms with Gasteiger partial charge in [-0.25, -0.2) is 15.0 Å². The number of hydrogen-bond donors (Lipinski definition) is 1. The van der Waals surface area contributed by atoms with Crippen molar-refractivity contribution in [1.82, 2.24) is 15.0 Å². The Hall–Kier alpha value is -2.27. The number of nitrogens with zero attached hydrogens (tertiary/aromatic N) is 3. The summed E-state index contributed by atoms with van der Waals surface area (Å²) in [5, 5.41) is 12.2. The molecule has 4 nitrogen and oxygen atoms in total. The van der Waals surface area contributed by atoms with Crippen LogP contribution >= 0.6 is 11.3 Å². The standard InChI is InChI=1S/C13H9N3OS/c17-10-4-1-3-9(7-10)11-8-18-13(16-11)12-14-5-2-6-15-12/h1-8,17H. The monoisotopic (exact) mass is 255 g/mol. The van der Waals surface area contributed by atoms with Gasteiger partial charge in [-0.1, -0.05) is 12.1 Å². The first-order valence-corrected chi connectivity index (χ1v) is 6.23. The lowest BCUT2D eigenvalue weighted by Gasteiger charge is -1.97. The van der Waals surface area contributed by atoms with Crippen molar-refractivity contribution >= 4 is 11.3 Å². The minimum absolute atomic E-state index is 0.234. The zero-order valence-electron chi connectivity index (χ0n) is 9.32. The summed E-state index contributed by atoms with van der Waals surface area (Å²) in [6.07, 6.45) is 3.38. The van der Waals surface area contributed by atoms with Crippen LogP contribution in [-0.2, 0) is 0 Å². The van der Waals surface area contributed by atoms with Crippen molar-refractivity contribution < 1.29 is 5.11 Å². The van der Waals surface area contributed by atoms with Gasteiger partial charge < -0.3 is 5.11 Å². The quantitative estimate of drug-likeness (QED) is 0.764. The number of thiazole rings is 1. The van der Waals surface area contributed by atoms with Crippen LogP contribution < -0.4 is 0 Å². The molecule has 0 fully saturated rings. The van der Waals surface area contributed by atoms with Crippen molar-refractivity contribution in [2.45, 2.75) is 0 Å². The lowest BCUT2D eigenvalue weighted by Crippen LogP contribution is -1.85. The van der Waals surface area contributed by atoms with E-state index >= 15 is 0 Å². The van der Waals surface area contributed by atoms with Crippen molar-refractivity contribution in [3.63, 3.8) is 0 Å². The number of phenolic OH excluding ortho intramolecular Hbond substituents is 1. The van der Waals surface area contributed by atoms with E-state index < -0.39 is 0 Å². The molecule has 0 radical (unpaired) electrons. The molecule has 0 aliphatic carbocycles. The van der Waals surface area contributed by atoms with Crippen LogP contribution in [0.1, 0.15) is 0 Å². The fourth-order valence-electron chi connectivity index (χ4n) is 1.58. The highest BCUT2D eigenvalue weighted by Gasteiger charge is 2.08. The number of rotatable bonds is 2. The normalized spacial score (nSPS) is 10.4. The molecule has 2 aromatic heterocycles. The van der Waals surface area contributed by atoms with E-state index in [2.05, 4.69) is 15.0 Å². The van der Waals surface area contributed by atoms with Gasteiger partial charge in [-0.05, 0) is 18.2 Å². The third kappa shape index (κ3) is 2.08. The van der Waals surface area contributed by atoms with Crippen molar-refractivity contribution in [3.05, 3.63) is 48.1 Å². The summed E-state index contributed by atoms with van der Waals surface area (Å²) in [7, 11) is 0. The Labute approximate surface area is 108 Å². The lowest BCUT2D eigenvalue weighted by atomic mass is 10.2. The van der Waals surface area contributed by atoms with E-state index in [0.717, 1.165) is 16.3 Å². The van der Waals surface area contributed by atoms with Gasteiger partial charge in [-0.2, -0.15) is 0 Å². The van der Waals surface area contributed by atoms with Crippen LogP contribution in [0.5, 0.6) is 5.75 Å². The summed E-state index contributed by atoms with van der Waals surface area (Å²) in [6, 6.07) is 8.79. The van der Waals surface area contributed by atoms with Gasteiger partial charge in [0.05, 0.1) is 5.69 Å². The van der Waals surface area contributed by atoms with Gasteiger partial charge in [-0.15, -0.1) is 11.3 Å². The van der Waals surface area contributed by atoms with Crippen LogP contribution in [-0.4, -0.2) is 20.1 Å². The third-order valence-corrected chi connectivity index (χ3v) is 3.24. The molecule has 0 amide bonds. The van der Waals surface area contributed by atoms with Gasteiger partial charge in [0, 0.05) is 23.3 Å². The largest absolute Gasteiger partial charge is 0.508 e. The molecule has 88 valence electrons. The van der Waals surface area contributed by atoms with E-state index in [1.54, 1.807) is 36.7 Å². The van der Waals surface area contributed by atoms with Crippen molar-refractivity contribution in [3.8, 4) is 27.8 Å². The highest BCUT2D eigenvalue weighted by Crippen LogP contribution is 2.28. The Morgan fingerprint density at radius 3 is 2.67 bits per heavy atom. The Balaban J connectivity index is 2.00. The molecule has 0 bridgehead atoms. The van der Waals surface area contributed by atoms with E-state index in [-0.39, 0.29) is 5.75 Å². The summed E-state index contributed by atoms with van der Waals surface area (Å²) in [5.74, 6) is 0.854. The van der Waals surface area contributed by atoms with Crippen LogP contribution in [0.4, 0.5) is 0 Å². The first-order valence-electron chi connectivity index (χ1n) is 5.35. The highest BCUT2D eigenvalue weighted by molar-refractivity contribution is 7.13. The molecule has 3 aromatic rings. The molecule has 1 aromatic carbocycles. The smallest absolute Gasteiger partial charge is 0.188 e. The molecule has 2 heterocycles. The molecule has 0 aliphatic rings. The third-order valence-electron chi connectivity index (χ3n) is 2.40. The van der Waals surface area contributed by atoms with Gasteiger partial charge in [0.1, 0.15) is 5.75 Å². The van der Waals surface area contributed by atoms with Crippen LogP contribution in [0.25, 0.3) is 22.1 Å². The minimum atomic E-state index is 0.234. The zero-order valence-corrected chi connectivity index (χ0v) is 10.1. The second-order valence-corrected chi connectivity index (χ2v) is 4.52. The fourth-order valence-corrected chi connectivity index (χ4v) is 2.36. The van der Waals surface area contributed by atoms with Crippen LogP contribution in [0.15, 0.2) is 48.1 Å².